The fourth-order valence-electron chi connectivity index (χ4n) is 3.25. The van der Waals surface area contributed by atoms with E-state index in [2.05, 4.69) is 15.8 Å². The SMILES string of the molecule is CCOC(=O)c1c(C)[nH]c(C(=O)NNC(=O)c2cccc(S(=O)(=O)N(CC)CC)c2)c1C. The van der Waals surface area contributed by atoms with Crippen molar-refractivity contribution in [3.8, 4) is 0 Å². The number of amides is 2. The molecule has 0 aliphatic rings. The average molecular weight is 465 g/mol. The van der Waals surface area contributed by atoms with Crippen LogP contribution in [-0.4, -0.2) is 55.2 Å². The van der Waals surface area contributed by atoms with E-state index in [0.29, 0.717) is 24.3 Å². The number of aryl methyl sites for hydroxylation is 1. The fourth-order valence-corrected chi connectivity index (χ4v) is 4.75. The number of hydrazine groups is 1. The molecule has 2 amide bonds. The topological polar surface area (TPSA) is 138 Å². The summed E-state index contributed by atoms with van der Waals surface area (Å²) in [4.78, 5) is 39.9. The lowest BCUT2D eigenvalue weighted by Crippen LogP contribution is -2.42. The molecule has 1 heterocycles. The van der Waals surface area contributed by atoms with Crippen LogP contribution in [0.2, 0.25) is 0 Å². The second kappa shape index (κ2) is 10.4. The molecule has 0 saturated heterocycles. The maximum Gasteiger partial charge on any atom is 0.340 e. The van der Waals surface area contributed by atoms with E-state index in [0.717, 1.165) is 0 Å². The maximum atomic E-state index is 12.7. The van der Waals surface area contributed by atoms with Crippen molar-refractivity contribution in [2.45, 2.75) is 39.5 Å². The number of hydrogen-bond acceptors (Lipinski definition) is 6. The summed E-state index contributed by atoms with van der Waals surface area (Å²) in [6, 6.07) is 5.55. The smallest absolute Gasteiger partial charge is 0.340 e. The molecule has 11 heteroatoms. The van der Waals surface area contributed by atoms with E-state index in [1.54, 1.807) is 34.6 Å². The number of rotatable bonds is 8. The Morgan fingerprint density at radius 3 is 2.25 bits per heavy atom. The molecule has 1 aromatic heterocycles. The standard InChI is InChI=1S/C21H28N4O6S/c1-6-25(7-2)32(29,30)16-11-9-10-15(12-16)19(26)23-24-20(27)18-13(4)17(14(5)22-18)21(28)31-8-3/h9-12,22H,6-8H2,1-5H3,(H,23,26)(H,24,27). The van der Waals surface area contributed by atoms with E-state index in [9.17, 15) is 22.8 Å². The summed E-state index contributed by atoms with van der Waals surface area (Å²) in [5.74, 6) is -1.91. The molecule has 0 radical (unpaired) electrons. The molecule has 0 saturated carbocycles. The molecule has 0 fully saturated rings. The van der Waals surface area contributed by atoms with Crippen LogP contribution in [0.25, 0.3) is 0 Å². The highest BCUT2D eigenvalue weighted by Gasteiger charge is 2.24. The molecular formula is C21H28N4O6S. The summed E-state index contributed by atoms with van der Waals surface area (Å²) in [6.45, 7) is 9.16. The Labute approximate surface area is 187 Å². The molecule has 10 nitrogen and oxygen atoms in total. The number of nitrogens with one attached hydrogen (secondary N) is 3. The van der Waals surface area contributed by atoms with Gasteiger partial charge < -0.3 is 9.72 Å². The zero-order chi connectivity index (χ0) is 24.1. The van der Waals surface area contributed by atoms with Crippen molar-refractivity contribution >= 4 is 27.8 Å². The van der Waals surface area contributed by atoms with Gasteiger partial charge in [-0.05, 0) is 44.5 Å². The van der Waals surface area contributed by atoms with E-state index < -0.39 is 27.8 Å². The van der Waals surface area contributed by atoms with Crippen LogP contribution in [0.4, 0.5) is 0 Å². The lowest BCUT2D eigenvalue weighted by Gasteiger charge is -2.18. The largest absolute Gasteiger partial charge is 0.462 e. The first-order valence-corrected chi connectivity index (χ1v) is 11.6. The van der Waals surface area contributed by atoms with Crippen LogP contribution >= 0.6 is 0 Å². The summed E-state index contributed by atoms with van der Waals surface area (Å²) >= 11 is 0. The van der Waals surface area contributed by atoms with Crippen molar-refractivity contribution in [2.24, 2.45) is 0 Å². The van der Waals surface area contributed by atoms with Gasteiger partial charge in [-0.25, -0.2) is 13.2 Å². The lowest BCUT2D eigenvalue weighted by atomic mass is 10.1. The van der Waals surface area contributed by atoms with Gasteiger partial charge in [-0.2, -0.15) is 4.31 Å². The lowest BCUT2D eigenvalue weighted by molar-refractivity contribution is 0.0524. The number of carbonyl (C=O) groups excluding carboxylic acids is 3. The first-order chi connectivity index (χ1) is 15.1. The van der Waals surface area contributed by atoms with Crippen molar-refractivity contribution in [1.82, 2.24) is 20.1 Å². The van der Waals surface area contributed by atoms with Gasteiger partial charge in [-0.1, -0.05) is 19.9 Å². The van der Waals surface area contributed by atoms with Gasteiger partial charge in [0.15, 0.2) is 0 Å². The van der Waals surface area contributed by atoms with Gasteiger partial charge in [0.2, 0.25) is 10.0 Å². The van der Waals surface area contributed by atoms with E-state index in [4.69, 9.17) is 4.74 Å². The van der Waals surface area contributed by atoms with Gasteiger partial charge in [0.1, 0.15) is 5.69 Å². The molecule has 0 unspecified atom stereocenters. The Kier molecular flexibility index (Phi) is 8.17. The minimum absolute atomic E-state index is 0.0184. The molecule has 3 N–H and O–H groups in total. The van der Waals surface area contributed by atoms with Gasteiger partial charge in [-0.3, -0.25) is 20.4 Å². The number of esters is 1. The summed E-state index contributed by atoms with van der Waals surface area (Å²) in [5, 5.41) is 0. The number of ether oxygens (including phenoxy) is 1. The molecule has 2 rings (SSSR count). The van der Waals surface area contributed by atoms with Crippen LogP contribution in [-0.2, 0) is 14.8 Å². The van der Waals surface area contributed by atoms with Gasteiger partial charge in [0.05, 0.1) is 17.1 Å². The molecule has 0 aliphatic carbocycles. The summed E-state index contributed by atoms with van der Waals surface area (Å²) in [7, 11) is -3.73. The van der Waals surface area contributed by atoms with Crippen LogP contribution in [0.15, 0.2) is 29.2 Å². The molecule has 32 heavy (non-hydrogen) atoms. The van der Waals surface area contributed by atoms with Crippen LogP contribution in [0.5, 0.6) is 0 Å². The number of aromatic amines is 1. The highest BCUT2D eigenvalue weighted by Crippen LogP contribution is 2.19. The highest BCUT2D eigenvalue weighted by atomic mass is 32.2. The van der Waals surface area contributed by atoms with Gasteiger partial charge in [0.25, 0.3) is 11.8 Å². The normalized spacial score (nSPS) is 11.3. The van der Waals surface area contributed by atoms with Crippen molar-refractivity contribution in [1.29, 1.82) is 0 Å². The third-order valence-electron chi connectivity index (χ3n) is 4.87. The quantitative estimate of drug-likeness (QED) is 0.403. The number of benzene rings is 1. The predicted octanol–water partition coefficient (Wildman–Crippen LogP) is 1.91. The van der Waals surface area contributed by atoms with Crippen molar-refractivity contribution in [3.63, 3.8) is 0 Å². The third kappa shape index (κ3) is 5.17. The number of nitrogens with zero attached hydrogens (tertiary/aromatic N) is 1. The molecule has 0 spiro atoms. The Balaban J connectivity index is 2.16. The van der Waals surface area contributed by atoms with E-state index in [-0.39, 0.29) is 28.3 Å². The number of sulfonamides is 1. The monoisotopic (exact) mass is 464 g/mol. The summed E-state index contributed by atoms with van der Waals surface area (Å²) in [6.07, 6.45) is 0. The first kappa shape index (κ1) is 25.1. The third-order valence-corrected chi connectivity index (χ3v) is 6.92. The number of H-pyrrole nitrogens is 1. The molecule has 2 aromatic rings. The second-order valence-electron chi connectivity index (χ2n) is 6.87. The molecule has 174 valence electrons. The van der Waals surface area contributed by atoms with Gasteiger partial charge in [-0.15, -0.1) is 0 Å². The number of carbonyl (C=O) groups is 3. The van der Waals surface area contributed by atoms with Gasteiger partial charge >= 0.3 is 5.97 Å². The van der Waals surface area contributed by atoms with Crippen LogP contribution in [0.1, 0.15) is 63.2 Å². The molecule has 0 atom stereocenters. The summed E-state index contributed by atoms with van der Waals surface area (Å²) < 4.78 is 31.6. The molecule has 0 bridgehead atoms. The van der Waals surface area contributed by atoms with Crippen molar-refractivity contribution in [2.75, 3.05) is 19.7 Å². The average Bonchev–Trinajstić information content (AvgIpc) is 3.06. The minimum atomic E-state index is -3.73. The van der Waals surface area contributed by atoms with E-state index in [1.807, 2.05) is 0 Å². The van der Waals surface area contributed by atoms with Crippen LogP contribution in [0, 0.1) is 13.8 Å². The van der Waals surface area contributed by atoms with E-state index >= 15 is 0 Å². The van der Waals surface area contributed by atoms with Crippen LogP contribution < -0.4 is 10.9 Å². The fraction of sp³-hybridized carbons (Fsp3) is 0.381. The van der Waals surface area contributed by atoms with E-state index in [1.165, 1.54) is 28.6 Å². The van der Waals surface area contributed by atoms with Crippen molar-refractivity contribution < 1.29 is 27.5 Å². The molecule has 1 aromatic carbocycles. The Morgan fingerprint density at radius 1 is 1.03 bits per heavy atom. The van der Waals surface area contributed by atoms with Gasteiger partial charge in [0, 0.05) is 24.3 Å². The van der Waals surface area contributed by atoms with Crippen LogP contribution in [0.3, 0.4) is 0 Å². The summed E-state index contributed by atoms with van der Waals surface area (Å²) in [5.41, 5.74) is 5.81. The number of hydrogen-bond donors (Lipinski definition) is 3. The first-order valence-electron chi connectivity index (χ1n) is 10.2. The highest BCUT2D eigenvalue weighted by molar-refractivity contribution is 7.89. The zero-order valence-electron chi connectivity index (χ0n) is 18.7. The molecular weight excluding hydrogens is 436 g/mol. The predicted molar refractivity (Wildman–Crippen MR) is 118 cm³/mol. The second-order valence-corrected chi connectivity index (χ2v) is 8.81. The molecule has 0 aliphatic heterocycles. The maximum absolute atomic E-state index is 12.7. The minimum Gasteiger partial charge on any atom is -0.462 e. The van der Waals surface area contributed by atoms with Crippen molar-refractivity contribution in [3.05, 3.63) is 52.3 Å². The number of aromatic nitrogens is 1. The zero-order valence-corrected chi connectivity index (χ0v) is 19.6. The Hall–Kier alpha value is -3.18. The Bertz CT molecular complexity index is 1120. The Morgan fingerprint density at radius 2 is 1.66 bits per heavy atom.